The highest BCUT2D eigenvalue weighted by Crippen LogP contribution is 2.19. The minimum Gasteiger partial charge on any atom is -0.477 e. The predicted molar refractivity (Wildman–Crippen MR) is 36.1 cm³/mol. The van der Waals surface area contributed by atoms with Gasteiger partial charge in [0.1, 0.15) is 0 Å². The number of alkyl halides is 2. The first kappa shape index (κ1) is 9.50. The molecule has 0 aliphatic heterocycles. The lowest BCUT2D eigenvalue weighted by molar-refractivity contribution is 0.0688. The van der Waals surface area contributed by atoms with Gasteiger partial charge in [0.2, 0.25) is 5.95 Å². The Balaban J connectivity index is 3.19. The van der Waals surface area contributed by atoms with Gasteiger partial charge in [-0.15, -0.1) is 0 Å². The zero-order valence-corrected chi connectivity index (χ0v) is 6.17. The number of carbonyl (C=O) groups is 1. The molecule has 0 amide bonds. The lowest BCUT2D eigenvalue weighted by Gasteiger charge is -2.00. The summed E-state index contributed by atoms with van der Waals surface area (Å²) in [7, 11) is 0. The Hall–Kier alpha value is -1.59. The first-order valence-electron chi connectivity index (χ1n) is 3.19. The molecule has 0 radical (unpaired) electrons. The van der Waals surface area contributed by atoms with Crippen molar-refractivity contribution in [1.29, 1.82) is 0 Å². The highest BCUT2D eigenvalue weighted by atomic mass is 19.3. The maximum atomic E-state index is 12.4. The Bertz CT molecular complexity index is 341. The maximum absolute atomic E-state index is 12.4. The van der Waals surface area contributed by atoms with E-state index in [4.69, 9.17) is 5.11 Å². The van der Waals surface area contributed by atoms with E-state index in [1.54, 1.807) is 0 Å². The summed E-state index contributed by atoms with van der Waals surface area (Å²) in [5.74, 6) is -2.77. The molecule has 1 heterocycles. The van der Waals surface area contributed by atoms with Crippen LogP contribution in [-0.4, -0.2) is 16.1 Å². The topological polar surface area (TPSA) is 50.2 Å². The van der Waals surface area contributed by atoms with Crippen LogP contribution in [0.25, 0.3) is 0 Å². The quantitative estimate of drug-likeness (QED) is 0.725. The summed E-state index contributed by atoms with van der Waals surface area (Å²) in [6, 6.07) is 1.13. The molecule has 70 valence electrons. The van der Waals surface area contributed by atoms with Crippen LogP contribution in [0.15, 0.2) is 12.1 Å². The molecular formula is C7H4F3NO2. The minimum atomic E-state index is -2.91. The Morgan fingerprint density at radius 1 is 1.46 bits per heavy atom. The minimum absolute atomic E-state index is 0.497. The smallest absolute Gasteiger partial charge is 0.354 e. The molecule has 1 rings (SSSR count). The molecule has 1 aromatic heterocycles. The van der Waals surface area contributed by atoms with E-state index in [9.17, 15) is 18.0 Å². The lowest BCUT2D eigenvalue weighted by atomic mass is 10.2. The highest BCUT2D eigenvalue weighted by Gasteiger charge is 2.14. The number of nitrogens with zero attached hydrogens (tertiary/aromatic N) is 1. The van der Waals surface area contributed by atoms with Crippen molar-refractivity contribution in [3.63, 3.8) is 0 Å². The molecule has 1 N–H and O–H groups in total. The molecule has 1 aromatic rings. The fraction of sp³-hybridized carbons (Fsp3) is 0.143. The van der Waals surface area contributed by atoms with Gasteiger partial charge >= 0.3 is 5.97 Å². The van der Waals surface area contributed by atoms with Gasteiger partial charge in [0, 0.05) is 11.6 Å². The number of halogens is 3. The second-order valence-electron chi connectivity index (χ2n) is 2.21. The van der Waals surface area contributed by atoms with E-state index in [0.29, 0.717) is 12.1 Å². The maximum Gasteiger partial charge on any atom is 0.354 e. The van der Waals surface area contributed by atoms with E-state index in [1.807, 2.05) is 0 Å². The molecule has 0 aliphatic carbocycles. The molecule has 0 bridgehead atoms. The van der Waals surface area contributed by atoms with Crippen molar-refractivity contribution in [2.24, 2.45) is 0 Å². The van der Waals surface area contributed by atoms with Crippen molar-refractivity contribution in [3.8, 4) is 0 Å². The third-order valence-corrected chi connectivity index (χ3v) is 1.29. The summed E-state index contributed by atoms with van der Waals surface area (Å²) in [6.45, 7) is 0. The monoisotopic (exact) mass is 191 g/mol. The Morgan fingerprint density at radius 3 is 2.54 bits per heavy atom. The van der Waals surface area contributed by atoms with Gasteiger partial charge < -0.3 is 5.11 Å². The first-order chi connectivity index (χ1) is 6.00. The molecule has 0 saturated carbocycles. The first-order valence-corrected chi connectivity index (χ1v) is 3.19. The fourth-order valence-corrected chi connectivity index (χ4v) is 0.752. The summed E-state index contributed by atoms with van der Waals surface area (Å²) in [5, 5.41) is 8.34. The number of hydrogen-bond donors (Lipinski definition) is 1. The number of aromatic carboxylic acids is 1. The Kier molecular flexibility index (Phi) is 2.50. The van der Waals surface area contributed by atoms with Crippen molar-refractivity contribution in [2.45, 2.75) is 6.43 Å². The number of hydrogen-bond acceptors (Lipinski definition) is 2. The molecule has 13 heavy (non-hydrogen) atoms. The summed E-state index contributed by atoms with van der Waals surface area (Å²) >= 11 is 0. The van der Waals surface area contributed by atoms with Crippen LogP contribution in [0.1, 0.15) is 22.5 Å². The zero-order chi connectivity index (χ0) is 10.0. The molecule has 0 aliphatic rings. The van der Waals surface area contributed by atoms with E-state index < -0.39 is 29.6 Å². The summed E-state index contributed by atoms with van der Waals surface area (Å²) < 4.78 is 36.4. The Morgan fingerprint density at radius 2 is 2.08 bits per heavy atom. The average Bonchev–Trinajstić information content (AvgIpc) is 2.03. The van der Waals surface area contributed by atoms with E-state index in [2.05, 4.69) is 4.98 Å². The molecular weight excluding hydrogens is 187 g/mol. The van der Waals surface area contributed by atoms with E-state index in [1.165, 1.54) is 0 Å². The van der Waals surface area contributed by atoms with Gasteiger partial charge in [0.05, 0.1) is 0 Å². The predicted octanol–water partition coefficient (Wildman–Crippen LogP) is 1.86. The second-order valence-corrected chi connectivity index (χ2v) is 2.21. The van der Waals surface area contributed by atoms with Gasteiger partial charge in [-0.3, -0.25) is 0 Å². The largest absolute Gasteiger partial charge is 0.477 e. The van der Waals surface area contributed by atoms with Gasteiger partial charge in [-0.25, -0.2) is 18.6 Å². The molecule has 6 heteroatoms. The van der Waals surface area contributed by atoms with Gasteiger partial charge in [0.25, 0.3) is 6.43 Å². The SMILES string of the molecule is O=C(O)c1cc(C(F)F)cc(F)n1. The molecule has 0 unspecified atom stereocenters. The molecule has 0 atom stereocenters. The van der Waals surface area contributed by atoms with Gasteiger partial charge in [-0.1, -0.05) is 0 Å². The average molecular weight is 191 g/mol. The third-order valence-electron chi connectivity index (χ3n) is 1.29. The fourth-order valence-electron chi connectivity index (χ4n) is 0.752. The Labute approximate surface area is 70.8 Å². The third kappa shape index (κ3) is 2.17. The van der Waals surface area contributed by atoms with Gasteiger partial charge in [-0.2, -0.15) is 4.39 Å². The molecule has 3 nitrogen and oxygen atoms in total. The lowest BCUT2D eigenvalue weighted by Crippen LogP contribution is -2.03. The number of carboxylic acid groups (broad SMARTS) is 1. The standard InChI is InChI=1S/C7H4F3NO2/c8-5-2-3(6(9)10)1-4(11-5)7(12)13/h1-2,6H,(H,12,13). The van der Waals surface area contributed by atoms with Crippen molar-refractivity contribution >= 4 is 5.97 Å². The van der Waals surface area contributed by atoms with Crippen LogP contribution in [-0.2, 0) is 0 Å². The van der Waals surface area contributed by atoms with Crippen LogP contribution in [0.2, 0.25) is 0 Å². The molecule has 0 saturated heterocycles. The normalized spacial score (nSPS) is 10.5. The van der Waals surface area contributed by atoms with Crippen LogP contribution in [0.4, 0.5) is 13.2 Å². The number of pyridine rings is 1. The van der Waals surface area contributed by atoms with Crippen molar-refractivity contribution < 1.29 is 23.1 Å². The van der Waals surface area contributed by atoms with E-state index >= 15 is 0 Å². The van der Waals surface area contributed by atoms with Crippen LogP contribution in [0, 0.1) is 5.95 Å². The molecule has 0 spiro atoms. The summed E-state index contributed by atoms with van der Waals surface area (Å²) in [6.07, 6.45) is -2.91. The summed E-state index contributed by atoms with van der Waals surface area (Å²) in [4.78, 5) is 13.2. The number of rotatable bonds is 2. The molecule has 0 aromatic carbocycles. The van der Waals surface area contributed by atoms with Crippen molar-refractivity contribution in [3.05, 3.63) is 29.3 Å². The van der Waals surface area contributed by atoms with Gasteiger partial charge in [-0.05, 0) is 6.07 Å². The zero-order valence-electron chi connectivity index (χ0n) is 6.17. The van der Waals surface area contributed by atoms with Crippen LogP contribution in [0.5, 0.6) is 0 Å². The van der Waals surface area contributed by atoms with Crippen LogP contribution in [0.3, 0.4) is 0 Å². The highest BCUT2D eigenvalue weighted by molar-refractivity contribution is 5.85. The van der Waals surface area contributed by atoms with E-state index in [-0.39, 0.29) is 0 Å². The van der Waals surface area contributed by atoms with Crippen LogP contribution >= 0.6 is 0 Å². The molecule has 0 fully saturated rings. The number of carboxylic acids is 1. The van der Waals surface area contributed by atoms with E-state index in [0.717, 1.165) is 0 Å². The second kappa shape index (κ2) is 3.42. The summed E-state index contributed by atoms with van der Waals surface area (Å²) in [5.41, 5.74) is -1.42. The van der Waals surface area contributed by atoms with Crippen molar-refractivity contribution in [1.82, 2.24) is 4.98 Å². The van der Waals surface area contributed by atoms with Crippen LogP contribution < -0.4 is 0 Å². The number of aromatic nitrogens is 1. The van der Waals surface area contributed by atoms with Crippen molar-refractivity contribution in [2.75, 3.05) is 0 Å². The van der Waals surface area contributed by atoms with Gasteiger partial charge in [0.15, 0.2) is 5.69 Å².